The lowest BCUT2D eigenvalue weighted by molar-refractivity contribution is 0.207. The molecule has 0 spiro atoms. The van der Waals surface area contributed by atoms with E-state index in [4.69, 9.17) is 0 Å². The molecular weight excluding hydrogens is 274 g/mol. The maximum Gasteiger partial charge on any atom is 0.281 e. The van der Waals surface area contributed by atoms with Crippen molar-refractivity contribution in [2.24, 2.45) is 5.41 Å². The van der Waals surface area contributed by atoms with Gasteiger partial charge in [-0.3, -0.25) is 0 Å². The molecule has 0 aromatic heterocycles. The van der Waals surface area contributed by atoms with Gasteiger partial charge in [-0.05, 0) is 38.3 Å². The molecule has 0 aliphatic carbocycles. The van der Waals surface area contributed by atoms with E-state index in [1.54, 1.807) is 14.1 Å². The Hall–Kier alpha value is -0.170. The summed E-state index contributed by atoms with van der Waals surface area (Å²) in [7, 11) is -0.0577. The van der Waals surface area contributed by atoms with Crippen LogP contribution in [-0.2, 0) is 10.2 Å². The Kier molecular flexibility index (Phi) is 8.25. The Labute approximate surface area is 125 Å². The first kappa shape index (κ1) is 19.8. The molecule has 0 fully saturated rings. The van der Waals surface area contributed by atoms with E-state index in [1.165, 1.54) is 8.61 Å². The van der Waals surface area contributed by atoms with Gasteiger partial charge in [0.25, 0.3) is 10.2 Å². The second-order valence-corrected chi connectivity index (χ2v) is 8.59. The molecule has 1 atom stereocenters. The van der Waals surface area contributed by atoms with Gasteiger partial charge in [0.2, 0.25) is 0 Å². The fraction of sp³-hybridized carbons (Fsp3) is 1.00. The predicted octanol–water partition coefficient (Wildman–Crippen LogP) is 1.92. The number of hydrogen-bond donors (Lipinski definition) is 1. The third-order valence-corrected chi connectivity index (χ3v) is 5.82. The summed E-state index contributed by atoms with van der Waals surface area (Å²) in [5, 5.41) is 3.28. The van der Waals surface area contributed by atoms with Crippen LogP contribution in [0.3, 0.4) is 0 Å². The van der Waals surface area contributed by atoms with Gasteiger partial charge in [-0.15, -0.1) is 0 Å². The lowest BCUT2D eigenvalue weighted by Crippen LogP contribution is -2.48. The van der Waals surface area contributed by atoms with Crippen molar-refractivity contribution in [3.63, 3.8) is 0 Å². The van der Waals surface area contributed by atoms with Crippen molar-refractivity contribution in [2.45, 2.75) is 53.5 Å². The molecule has 0 aromatic carbocycles. The van der Waals surface area contributed by atoms with Crippen LogP contribution >= 0.6 is 0 Å². The third kappa shape index (κ3) is 6.08. The van der Waals surface area contributed by atoms with Gasteiger partial charge >= 0.3 is 0 Å². The van der Waals surface area contributed by atoms with E-state index >= 15 is 0 Å². The highest BCUT2D eigenvalue weighted by molar-refractivity contribution is 7.86. The molecule has 0 aliphatic rings. The Balaban J connectivity index is 4.48. The van der Waals surface area contributed by atoms with Crippen LogP contribution in [0.2, 0.25) is 0 Å². The van der Waals surface area contributed by atoms with Crippen LogP contribution in [0.25, 0.3) is 0 Å². The molecule has 0 aliphatic heterocycles. The van der Waals surface area contributed by atoms with E-state index in [2.05, 4.69) is 33.0 Å². The highest BCUT2D eigenvalue weighted by Crippen LogP contribution is 2.25. The molecule has 5 nitrogen and oxygen atoms in total. The molecule has 0 aromatic rings. The zero-order chi connectivity index (χ0) is 16.0. The summed E-state index contributed by atoms with van der Waals surface area (Å²) in [6.07, 6.45) is 1.92. The lowest BCUT2D eigenvalue weighted by atomic mass is 9.88. The van der Waals surface area contributed by atoms with Crippen LogP contribution in [0.15, 0.2) is 0 Å². The number of rotatable bonds is 9. The molecule has 0 saturated heterocycles. The summed E-state index contributed by atoms with van der Waals surface area (Å²) in [6, 6.07) is -0.0480. The first-order valence-corrected chi connectivity index (χ1v) is 8.84. The molecule has 1 N–H and O–H groups in total. The van der Waals surface area contributed by atoms with E-state index in [0.29, 0.717) is 6.54 Å². The first-order valence-electron chi connectivity index (χ1n) is 7.45. The van der Waals surface area contributed by atoms with E-state index < -0.39 is 10.2 Å². The van der Waals surface area contributed by atoms with Crippen LogP contribution in [-0.4, -0.2) is 56.8 Å². The van der Waals surface area contributed by atoms with Crippen LogP contribution < -0.4 is 5.32 Å². The molecule has 0 rings (SSSR count). The summed E-state index contributed by atoms with van der Waals surface area (Å²) in [5.41, 5.74) is -0.0780. The van der Waals surface area contributed by atoms with Crippen LogP contribution in [0.1, 0.15) is 47.5 Å². The minimum Gasteiger partial charge on any atom is -0.317 e. The van der Waals surface area contributed by atoms with Gasteiger partial charge < -0.3 is 5.32 Å². The van der Waals surface area contributed by atoms with E-state index in [9.17, 15) is 8.42 Å². The quantitative estimate of drug-likeness (QED) is 0.662. The summed E-state index contributed by atoms with van der Waals surface area (Å²) < 4.78 is 27.9. The minimum atomic E-state index is -3.38. The first-order chi connectivity index (χ1) is 9.05. The molecule has 1 unspecified atom stereocenters. The molecular formula is C14H33N3O2S. The number of nitrogens with zero attached hydrogens (tertiary/aromatic N) is 2. The molecule has 0 heterocycles. The Morgan fingerprint density at radius 2 is 1.70 bits per heavy atom. The van der Waals surface area contributed by atoms with Gasteiger partial charge in [0.15, 0.2) is 0 Å². The Morgan fingerprint density at radius 1 is 1.15 bits per heavy atom. The Morgan fingerprint density at radius 3 is 2.15 bits per heavy atom. The molecule has 0 bridgehead atoms. The average Bonchev–Trinajstić information content (AvgIpc) is 2.35. The summed E-state index contributed by atoms with van der Waals surface area (Å²) in [5.74, 6) is 0. The number of hydrogen-bond acceptors (Lipinski definition) is 3. The van der Waals surface area contributed by atoms with E-state index in [0.717, 1.165) is 25.9 Å². The standard InChI is InChI=1S/C14H33N3O2S/c1-8-10-15-11-9-12-16(6)20(18,19)17(7)13(2)14(3,4)5/h13,15H,8-12H2,1-7H3. The molecule has 0 radical (unpaired) electrons. The smallest absolute Gasteiger partial charge is 0.281 e. The molecule has 122 valence electrons. The summed E-state index contributed by atoms with van der Waals surface area (Å²) >= 11 is 0. The predicted molar refractivity (Wildman–Crippen MR) is 86.0 cm³/mol. The van der Waals surface area contributed by atoms with Crippen LogP contribution in [0.5, 0.6) is 0 Å². The van der Waals surface area contributed by atoms with Crippen molar-refractivity contribution in [1.82, 2.24) is 13.9 Å². The maximum absolute atomic E-state index is 12.5. The number of nitrogens with one attached hydrogen (secondary N) is 1. The van der Waals surface area contributed by atoms with Crippen molar-refractivity contribution in [1.29, 1.82) is 0 Å². The summed E-state index contributed by atoms with van der Waals surface area (Å²) in [6.45, 7) is 12.6. The van der Waals surface area contributed by atoms with Gasteiger partial charge in [0.1, 0.15) is 0 Å². The second-order valence-electron chi connectivity index (χ2n) is 6.49. The lowest BCUT2D eigenvalue weighted by Gasteiger charge is -2.36. The monoisotopic (exact) mass is 307 g/mol. The Bertz CT molecular complexity index is 363. The van der Waals surface area contributed by atoms with Crippen molar-refractivity contribution in [3.8, 4) is 0 Å². The van der Waals surface area contributed by atoms with Crippen LogP contribution in [0, 0.1) is 5.41 Å². The normalized spacial score (nSPS) is 15.1. The minimum absolute atomic E-state index is 0.0480. The van der Waals surface area contributed by atoms with Gasteiger partial charge in [-0.1, -0.05) is 27.7 Å². The third-order valence-electron chi connectivity index (χ3n) is 3.81. The maximum atomic E-state index is 12.5. The van der Waals surface area contributed by atoms with E-state index in [1.807, 2.05) is 6.92 Å². The van der Waals surface area contributed by atoms with Gasteiger partial charge in [0, 0.05) is 26.7 Å². The van der Waals surface area contributed by atoms with E-state index in [-0.39, 0.29) is 11.5 Å². The fourth-order valence-corrected chi connectivity index (χ4v) is 3.32. The molecule has 20 heavy (non-hydrogen) atoms. The van der Waals surface area contributed by atoms with Gasteiger partial charge in [-0.2, -0.15) is 17.0 Å². The second kappa shape index (κ2) is 8.32. The van der Waals surface area contributed by atoms with Crippen molar-refractivity contribution in [2.75, 3.05) is 33.7 Å². The topological polar surface area (TPSA) is 52.7 Å². The van der Waals surface area contributed by atoms with Crippen LogP contribution in [0.4, 0.5) is 0 Å². The van der Waals surface area contributed by atoms with Gasteiger partial charge in [-0.25, -0.2) is 0 Å². The average molecular weight is 308 g/mol. The molecule has 0 amide bonds. The van der Waals surface area contributed by atoms with Crippen molar-refractivity contribution >= 4 is 10.2 Å². The molecule has 6 heteroatoms. The van der Waals surface area contributed by atoms with Crippen molar-refractivity contribution in [3.05, 3.63) is 0 Å². The molecule has 0 saturated carbocycles. The fourth-order valence-electron chi connectivity index (χ4n) is 1.81. The van der Waals surface area contributed by atoms with Crippen molar-refractivity contribution < 1.29 is 8.42 Å². The SMILES string of the molecule is CCCNCCCN(C)S(=O)(=O)N(C)C(C)C(C)(C)C. The zero-order valence-corrected chi connectivity index (χ0v) is 15.0. The highest BCUT2D eigenvalue weighted by atomic mass is 32.2. The summed E-state index contributed by atoms with van der Waals surface area (Å²) in [4.78, 5) is 0. The largest absolute Gasteiger partial charge is 0.317 e. The highest BCUT2D eigenvalue weighted by Gasteiger charge is 2.33. The zero-order valence-electron chi connectivity index (χ0n) is 14.2. The van der Waals surface area contributed by atoms with Gasteiger partial charge in [0.05, 0.1) is 0 Å².